The summed E-state index contributed by atoms with van der Waals surface area (Å²) in [4.78, 5) is 9.30. The van der Waals surface area contributed by atoms with E-state index in [2.05, 4.69) is 15.1 Å². The second-order valence-corrected chi connectivity index (χ2v) is 8.51. The lowest BCUT2D eigenvalue weighted by Gasteiger charge is -2.16. The van der Waals surface area contributed by atoms with Crippen molar-refractivity contribution in [3.8, 4) is 34.5 Å². The van der Waals surface area contributed by atoms with Crippen molar-refractivity contribution in [1.82, 2.24) is 15.1 Å². The molecule has 0 saturated heterocycles. The Balaban J connectivity index is 1.63. The predicted molar refractivity (Wildman–Crippen MR) is 123 cm³/mol. The Morgan fingerprint density at radius 3 is 2.61 bits per heavy atom. The number of aliphatic hydroxyl groups is 2. The van der Waals surface area contributed by atoms with E-state index in [1.54, 1.807) is 7.11 Å². The first-order chi connectivity index (χ1) is 16.0. The fraction of sp³-hybridized carbons (Fsp3) is 0.480. The first-order valence-electron chi connectivity index (χ1n) is 11.5. The lowest BCUT2D eigenvalue weighted by atomic mass is 10.0. The van der Waals surface area contributed by atoms with E-state index in [4.69, 9.17) is 19.1 Å². The van der Waals surface area contributed by atoms with Crippen molar-refractivity contribution in [1.29, 1.82) is 0 Å². The van der Waals surface area contributed by atoms with Crippen LogP contribution in [0.5, 0.6) is 11.6 Å². The zero-order valence-corrected chi connectivity index (χ0v) is 19.4. The fourth-order valence-electron chi connectivity index (χ4n) is 4.32. The van der Waals surface area contributed by atoms with Crippen LogP contribution in [-0.4, -0.2) is 51.8 Å². The van der Waals surface area contributed by atoms with Gasteiger partial charge in [-0.1, -0.05) is 24.9 Å². The molecule has 1 fully saturated rings. The Kier molecular flexibility index (Phi) is 7.25. The van der Waals surface area contributed by atoms with Gasteiger partial charge in [0.2, 0.25) is 11.7 Å². The highest BCUT2D eigenvalue weighted by atomic mass is 16.5. The Bertz CT molecular complexity index is 1090. The standard InChI is InChI=1S/C25H31N3O5/c1-4-16-10-18(9-15(2)23(16)32-14-20(30)13-29)24-27-25(33-28-24)19-11-21(17-7-5-6-8-17)26-22(12-19)31-3/h9-12,17,20,29-30H,4-8,13-14H2,1-3H3/t20-/m1/s1. The van der Waals surface area contributed by atoms with Gasteiger partial charge in [0.15, 0.2) is 0 Å². The van der Waals surface area contributed by atoms with Crippen molar-refractivity contribution < 1.29 is 24.2 Å². The number of methoxy groups -OCH3 is 1. The minimum atomic E-state index is -0.917. The van der Waals surface area contributed by atoms with E-state index in [0.29, 0.717) is 29.3 Å². The summed E-state index contributed by atoms with van der Waals surface area (Å²) in [5.41, 5.74) is 4.50. The summed E-state index contributed by atoms with van der Waals surface area (Å²) in [5, 5.41) is 22.9. The average molecular weight is 454 g/mol. The predicted octanol–water partition coefficient (Wildman–Crippen LogP) is 4.07. The van der Waals surface area contributed by atoms with Gasteiger partial charge in [0.25, 0.3) is 5.89 Å². The molecule has 1 atom stereocenters. The highest BCUT2D eigenvalue weighted by molar-refractivity contribution is 5.64. The molecule has 2 N–H and O–H groups in total. The highest BCUT2D eigenvalue weighted by Crippen LogP contribution is 2.36. The Morgan fingerprint density at radius 2 is 1.91 bits per heavy atom. The molecule has 2 aromatic heterocycles. The van der Waals surface area contributed by atoms with E-state index < -0.39 is 6.10 Å². The third-order valence-corrected chi connectivity index (χ3v) is 6.10. The van der Waals surface area contributed by atoms with Crippen LogP contribution in [0.15, 0.2) is 28.8 Å². The second-order valence-electron chi connectivity index (χ2n) is 8.51. The number of aliphatic hydroxyl groups excluding tert-OH is 2. The zero-order chi connectivity index (χ0) is 23.4. The van der Waals surface area contributed by atoms with Gasteiger partial charge < -0.3 is 24.2 Å². The summed E-state index contributed by atoms with van der Waals surface area (Å²) in [5.74, 6) is 2.60. The molecule has 4 rings (SSSR count). The van der Waals surface area contributed by atoms with Crippen molar-refractivity contribution in [2.24, 2.45) is 0 Å². The molecule has 8 nitrogen and oxygen atoms in total. The summed E-state index contributed by atoms with van der Waals surface area (Å²) in [6.45, 7) is 3.66. The summed E-state index contributed by atoms with van der Waals surface area (Å²) >= 11 is 0. The minimum Gasteiger partial charge on any atom is -0.490 e. The van der Waals surface area contributed by atoms with E-state index in [1.807, 2.05) is 38.1 Å². The van der Waals surface area contributed by atoms with Crippen molar-refractivity contribution in [2.45, 2.75) is 58.0 Å². The van der Waals surface area contributed by atoms with Gasteiger partial charge in [0.1, 0.15) is 18.5 Å². The van der Waals surface area contributed by atoms with Crippen LogP contribution >= 0.6 is 0 Å². The van der Waals surface area contributed by atoms with Crippen LogP contribution in [0.2, 0.25) is 0 Å². The minimum absolute atomic E-state index is 0.0310. The number of pyridine rings is 1. The number of hydrogen-bond donors (Lipinski definition) is 2. The molecule has 33 heavy (non-hydrogen) atoms. The molecule has 1 aromatic carbocycles. The number of hydrogen-bond acceptors (Lipinski definition) is 8. The number of rotatable bonds is 9. The number of benzene rings is 1. The monoisotopic (exact) mass is 453 g/mol. The quantitative estimate of drug-likeness (QED) is 0.499. The van der Waals surface area contributed by atoms with Gasteiger partial charge in [-0.05, 0) is 55.5 Å². The number of aromatic nitrogens is 3. The maximum absolute atomic E-state index is 9.62. The molecular formula is C25H31N3O5. The van der Waals surface area contributed by atoms with Gasteiger partial charge in [-0.2, -0.15) is 4.98 Å². The number of ether oxygens (including phenoxy) is 2. The van der Waals surface area contributed by atoms with Crippen molar-refractivity contribution in [2.75, 3.05) is 20.3 Å². The van der Waals surface area contributed by atoms with Gasteiger partial charge in [-0.25, -0.2) is 4.98 Å². The van der Waals surface area contributed by atoms with E-state index in [9.17, 15) is 5.11 Å². The van der Waals surface area contributed by atoms with Crippen LogP contribution in [0.4, 0.5) is 0 Å². The molecule has 0 radical (unpaired) electrons. The van der Waals surface area contributed by atoms with Gasteiger partial charge in [-0.15, -0.1) is 0 Å². The largest absolute Gasteiger partial charge is 0.490 e. The molecule has 0 bridgehead atoms. The first kappa shape index (κ1) is 23.2. The topological polar surface area (TPSA) is 111 Å². The normalized spacial score (nSPS) is 15.1. The summed E-state index contributed by atoms with van der Waals surface area (Å²) in [6, 6.07) is 7.76. The van der Waals surface area contributed by atoms with Crippen LogP contribution in [0.1, 0.15) is 55.3 Å². The Morgan fingerprint density at radius 1 is 1.12 bits per heavy atom. The molecule has 1 aliphatic carbocycles. The van der Waals surface area contributed by atoms with Crippen LogP contribution in [0.25, 0.3) is 22.8 Å². The highest BCUT2D eigenvalue weighted by Gasteiger charge is 2.22. The Hall–Kier alpha value is -2.97. The van der Waals surface area contributed by atoms with Gasteiger partial charge in [-0.3, -0.25) is 0 Å². The molecular weight excluding hydrogens is 422 g/mol. The molecule has 0 spiro atoms. The third-order valence-electron chi connectivity index (χ3n) is 6.10. The molecule has 176 valence electrons. The fourth-order valence-corrected chi connectivity index (χ4v) is 4.32. The second kappa shape index (κ2) is 10.3. The number of nitrogens with zero attached hydrogens (tertiary/aromatic N) is 3. The van der Waals surface area contributed by atoms with E-state index >= 15 is 0 Å². The summed E-state index contributed by atoms with van der Waals surface area (Å²) in [7, 11) is 1.61. The lowest BCUT2D eigenvalue weighted by molar-refractivity contribution is 0.0531. The van der Waals surface area contributed by atoms with E-state index in [1.165, 1.54) is 12.8 Å². The van der Waals surface area contributed by atoms with Crippen LogP contribution < -0.4 is 9.47 Å². The number of aryl methyl sites for hydroxylation is 2. The van der Waals surface area contributed by atoms with Crippen molar-refractivity contribution in [3.63, 3.8) is 0 Å². The van der Waals surface area contributed by atoms with E-state index in [0.717, 1.165) is 47.2 Å². The van der Waals surface area contributed by atoms with E-state index in [-0.39, 0.29) is 13.2 Å². The molecule has 1 aliphatic rings. The van der Waals surface area contributed by atoms with Crippen LogP contribution in [0.3, 0.4) is 0 Å². The Labute approximate surface area is 193 Å². The third kappa shape index (κ3) is 5.17. The van der Waals surface area contributed by atoms with Crippen molar-refractivity contribution in [3.05, 3.63) is 41.1 Å². The molecule has 3 aromatic rings. The zero-order valence-electron chi connectivity index (χ0n) is 19.4. The SMILES string of the molecule is CCc1cc(-c2noc(-c3cc(OC)nc(C4CCCC4)c3)n2)cc(C)c1OC[C@H](O)CO. The lowest BCUT2D eigenvalue weighted by Crippen LogP contribution is -2.22. The molecule has 8 heteroatoms. The molecule has 2 heterocycles. The first-order valence-corrected chi connectivity index (χ1v) is 11.5. The van der Waals surface area contributed by atoms with Gasteiger partial charge in [0.05, 0.1) is 13.7 Å². The average Bonchev–Trinajstić information content (AvgIpc) is 3.55. The maximum atomic E-state index is 9.62. The maximum Gasteiger partial charge on any atom is 0.258 e. The van der Waals surface area contributed by atoms with Gasteiger partial charge >= 0.3 is 0 Å². The van der Waals surface area contributed by atoms with Gasteiger partial charge in [0, 0.05) is 28.8 Å². The molecule has 0 unspecified atom stereocenters. The smallest absolute Gasteiger partial charge is 0.258 e. The molecule has 0 amide bonds. The summed E-state index contributed by atoms with van der Waals surface area (Å²) in [6.07, 6.45) is 4.54. The van der Waals surface area contributed by atoms with Crippen LogP contribution in [0, 0.1) is 6.92 Å². The van der Waals surface area contributed by atoms with Crippen molar-refractivity contribution >= 4 is 0 Å². The summed E-state index contributed by atoms with van der Waals surface area (Å²) < 4.78 is 16.8. The molecule has 0 aliphatic heterocycles. The van der Waals surface area contributed by atoms with Crippen LogP contribution in [-0.2, 0) is 6.42 Å². The molecule has 1 saturated carbocycles.